The van der Waals surface area contributed by atoms with Crippen molar-refractivity contribution >= 4 is 72.5 Å². The fourth-order valence-corrected chi connectivity index (χ4v) is 10.0. The average molecular weight is 1400 g/mol. The van der Waals surface area contributed by atoms with Crippen molar-refractivity contribution in [2.75, 3.05) is 44.7 Å². The molecule has 4 aromatic heterocycles. The van der Waals surface area contributed by atoms with Crippen LogP contribution in [0.2, 0.25) is 0 Å². The highest BCUT2D eigenvalue weighted by atomic mass is 79.9. The van der Waals surface area contributed by atoms with E-state index in [0.29, 0.717) is 18.5 Å². The summed E-state index contributed by atoms with van der Waals surface area (Å²) in [7, 11) is 1.87. The number of aryl methyl sites for hydroxylation is 7. The predicted octanol–water partition coefficient (Wildman–Crippen LogP) is 8.88. The third-order valence-electron chi connectivity index (χ3n) is 14.9. The second-order valence-electron chi connectivity index (χ2n) is 21.8. The molecule has 0 radical (unpaired) electrons. The highest BCUT2D eigenvalue weighted by Crippen LogP contribution is 2.35. The van der Waals surface area contributed by atoms with Crippen molar-refractivity contribution in [1.82, 2.24) is 23.3 Å². The number of rotatable bonds is 26. The number of imidazole rings is 4. The molecule has 27 nitrogen and oxygen atoms in total. The number of anilines is 1. The van der Waals surface area contributed by atoms with Crippen LogP contribution in [0.4, 0.5) is 52.2 Å². The summed E-state index contributed by atoms with van der Waals surface area (Å²) in [5.41, 5.74) is 6.02. The molecule has 1 aliphatic heterocycles. The third kappa shape index (κ3) is 25.9. The van der Waals surface area contributed by atoms with Gasteiger partial charge in [0.15, 0.2) is 0 Å². The van der Waals surface area contributed by atoms with Crippen LogP contribution in [0.15, 0.2) is 188 Å². The summed E-state index contributed by atoms with van der Waals surface area (Å²) in [4.78, 5) is 6.76. The molecule has 0 atom stereocenters. The minimum atomic E-state index is -3.72. The Labute approximate surface area is 563 Å². The van der Waals surface area contributed by atoms with E-state index < -0.39 is 20.2 Å². The molecule has 94 heavy (non-hydrogen) atoms. The number of aromatic nitrogens is 8. The topological polar surface area (TPSA) is 298 Å². The summed E-state index contributed by atoms with van der Waals surface area (Å²) in [5, 5.41) is 53.5. The number of azo groups is 4. The number of methoxy groups -OCH3 is 2. The van der Waals surface area contributed by atoms with Gasteiger partial charge in [-0.1, -0.05) is 55.2 Å². The lowest BCUT2D eigenvalue weighted by Gasteiger charge is -2.16. The molecule has 2 fully saturated rings. The van der Waals surface area contributed by atoms with Gasteiger partial charge in [0.2, 0.25) is 5.95 Å². The number of halogens is 1. The summed E-state index contributed by atoms with van der Waals surface area (Å²) in [6.45, 7) is 5.81. The Hall–Kier alpha value is -8.26. The fourth-order valence-electron chi connectivity index (χ4n) is 10.0. The third-order valence-corrected chi connectivity index (χ3v) is 15.4. The first-order valence-electron chi connectivity index (χ1n) is 30.0. The first-order chi connectivity index (χ1) is 43.9. The number of nitrogens with zero attached hydrogens (tertiary/aromatic N) is 17. The van der Waals surface area contributed by atoms with Crippen molar-refractivity contribution in [2.24, 2.45) is 62.1 Å². The molecule has 0 unspecified atom stereocenters. The zero-order chi connectivity index (χ0) is 65.0. The van der Waals surface area contributed by atoms with E-state index in [9.17, 15) is 16.8 Å². The molecule has 2 aliphatic rings. The Morgan fingerprint density at radius 3 is 1.18 bits per heavy atom. The van der Waals surface area contributed by atoms with Crippen LogP contribution < -0.4 is 55.6 Å². The van der Waals surface area contributed by atoms with Gasteiger partial charge in [-0.25, -0.2) is 49.2 Å². The highest BCUT2D eigenvalue weighted by Gasteiger charge is 2.20. The molecule has 30 heteroatoms. The zero-order valence-corrected chi connectivity index (χ0v) is 56.3. The van der Waals surface area contributed by atoms with Crippen molar-refractivity contribution in [3.8, 4) is 11.5 Å². The van der Waals surface area contributed by atoms with Gasteiger partial charge in [-0.3, -0.25) is 0 Å². The normalized spacial score (nSPS) is 13.2. The molecule has 0 spiro atoms. The van der Waals surface area contributed by atoms with Gasteiger partial charge in [-0.05, 0) is 161 Å². The zero-order valence-electron chi connectivity index (χ0n) is 53.0. The summed E-state index contributed by atoms with van der Waals surface area (Å²) >= 11 is 0. The van der Waals surface area contributed by atoms with Crippen molar-refractivity contribution in [2.45, 2.75) is 124 Å². The maximum Gasteiger partial charge on any atom is 0.421 e. The van der Waals surface area contributed by atoms with Gasteiger partial charge in [0.1, 0.15) is 28.6 Å². The molecule has 1 saturated carbocycles. The van der Waals surface area contributed by atoms with E-state index in [2.05, 4.69) is 128 Å². The van der Waals surface area contributed by atoms with Crippen molar-refractivity contribution < 1.29 is 76.2 Å². The van der Waals surface area contributed by atoms with Crippen LogP contribution in [0.3, 0.4) is 0 Å². The second-order valence-corrected chi connectivity index (χ2v) is 24.9. The molecule has 8 aromatic rings. The van der Waals surface area contributed by atoms with E-state index in [-0.39, 0.29) is 31.8 Å². The van der Waals surface area contributed by atoms with Crippen LogP contribution in [0, 0.1) is 0 Å². The summed E-state index contributed by atoms with van der Waals surface area (Å²) in [6.07, 6.45) is 31.6. The first-order valence-corrected chi connectivity index (χ1v) is 33.6. The van der Waals surface area contributed by atoms with E-state index in [1.165, 1.54) is 49.8 Å². The number of hydrogen-bond acceptors (Lipinski definition) is 20. The van der Waals surface area contributed by atoms with Crippen LogP contribution in [-0.4, -0.2) is 79.9 Å². The molecular formula is C64H90BrN17O10S2. The van der Waals surface area contributed by atoms with Gasteiger partial charge in [0.05, 0.1) is 110 Å². The van der Waals surface area contributed by atoms with E-state index in [4.69, 9.17) is 20.0 Å². The molecule has 1 saturated heterocycles. The Bertz CT molecular complexity index is 3810. The van der Waals surface area contributed by atoms with Gasteiger partial charge in [0.25, 0.3) is 20.2 Å². The van der Waals surface area contributed by atoms with Crippen LogP contribution >= 0.6 is 0 Å². The summed E-state index contributed by atoms with van der Waals surface area (Å²) in [6, 6.07) is 32.1. The minimum absolute atomic E-state index is 0. The summed E-state index contributed by atoms with van der Waals surface area (Å²) in [5.74, 6) is 5.46. The van der Waals surface area contributed by atoms with Gasteiger partial charge >= 0.3 is 17.8 Å². The van der Waals surface area contributed by atoms with Gasteiger partial charge in [-0.15, -0.1) is 10.2 Å². The van der Waals surface area contributed by atoms with Crippen LogP contribution in [-0.2, 0) is 76.2 Å². The van der Waals surface area contributed by atoms with Crippen LogP contribution in [0.25, 0.3) is 0 Å². The minimum Gasteiger partial charge on any atom is -1.00 e. The van der Waals surface area contributed by atoms with E-state index in [1.807, 2.05) is 125 Å². The predicted molar refractivity (Wildman–Crippen MR) is 350 cm³/mol. The number of benzene rings is 4. The van der Waals surface area contributed by atoms with Gasteiger partial charge in [-0.2, -0.15) is 0 Å². The SMILES string of the molecule is C.C.COc1ccc(N=Nc2n(CCCCCn3cc[n+](C)c3N=Nc3ccc(C4CCCC4)cc3)cc[n+]2C)cc1.COc1ccc(N=Nc2nccn2CCCCCn2cc[n+](C)c2N=Nc2ccc(N3CCCC3)cc2)cc1.CS(=O)(=O)O[O-].CS(=O)(=O)O[O-].[Br-]. The molecule has 0 amide bonds. The van der Waals surface area contributed by atoms with Crippen molar-refractivity contribution in [3.05, 3.63) is 152 Å². The van der Waals surface area contributed by atoms with Crippen LogP contribution in [0.5, 0.6) is 11.5 Å². The molecule has 10 rings (SSSR count). The summed E-state index contributed by atoms with van der Waals surface area (Å²) < 4.78 is 68.1. The van der Waals surface area contributed by atoms with Gasteiger partial charge < -0.3 is 55.1 Å². The smallest absolute Gasteiger partial charge is 0.421 e. The van der Waals surface area contributed by atoms with Crippen molar-refractivity contribution in [3.63, 3.8) is 0 Å². The van der Waals surface area contributed by atoms with Gasteiger partial charge in [0, 0.05) is 53.1 Å². The molecule has 0 bridgehead atoms. The Morgan fingerprint density at radius 2 is 0.819 bits per heavy atom. The molecule has 4 aromatic carbocycles. The molecule has 510 valence electrons. The maximum atomic E-state index is 9.47. The van der Waals surface area contributed by atoms with Crippen molar-refractivity contribution in [1.29, 1.82) is 0 Å². The monoisotopic (exact) mass is 1400 g/mol. The Kier molecular flexibility index (Phi) is 33.3. The van der Waals surface area contributed by atoms with E-state index in [1.54, 1.807) is 20.4 Å². The highest BCUT2D eigenvalue weighted by molar-refractivity contribution is 7.86. The number of unbranched alkanes of at least 4 members (excludes halogenated alkanes) is 4. The fraction of sp³-hybridized carbons (Fsp3) is 0.438. The molecule has 5 heterocycles. The first kappa shape index (κ1) is 78.2. The van der Waals surface area contributed by atoms with Crippen LogP contribution in [0.1, 0.15) is 103 Å². The largest absolute Gasteiger partial charge is 1.00 e. The lowest BCUT2D eigenvalue weighted by molar-refractivity contribution is -0.657. The molecule has 1 aliphatic carbocycles. The lowest BCUT2D eigenvalue weighted by Crippen LogP contribution is -3.00. The maximum absolute atomic E-state index is 9.47. The van der Waals surface area contributed by atoms with E-state index in [0.717, 1.165) is 136 Å². The second kappa shape index (κ2) is 40.1. The Morgan fingerprint density at radius 1 is 0.479 bits per heavy atom. The lowest BCUT2D eigenvalue weighted by atomic mass is 9.98. The number of ether oxygens (including phenoxy) is 2. The molecule has 0 N–H and O–H groups in total. The molecular weight excluding hydrogens is 1310 g/mol. The quantitative estimate of drug-likeness (QED) is 0.0161. The van der Waals surface area contributed by atoms with E-state index >= 15 is 0 Å². The Balaban J connectivity index is 0.000000332. The average Bonchev–Trinajstić information content (AvgIpc) is 1.85. The standard InChI is InChI=1S/C31H40N8O.C29H36N9O.2CH4O4S.2CH4.BrH/c1-36-21-23-38(30(36)34-32-27-13-11-26(12-14-27)25-9-5-6-10-25)19-7-4-8-20-39-24-22-37(2)31(39)35-33-28-15-17-29(40-3)18-16-28;1-35-22-23-38(29(35)34-32-24-8-12-26(13-9-24)36-17-6-7-18-36)20-5-3-4-19-37-21-16-30-28(37)33-31-25-10-14-27(39-2)15-11-25;2*1-6(3,4)5-2;;;/h11-18,21-25H,4-10,19-20H2,1-3H3;8-16,21-23H,3-7,17-20H2,1-2H3;2*2H,1H3;2*1H4;1H/q+2;+1;;;;;/p-3. The number of hydrogen-bond donors (Lipinski definition) is 0.